The number of hydrogen-bond acceptors (Lipinski definition) is 5. The molecule has 4 rings (SSSR count). The lowest BCUT2D eigenvalue weighted by atomic mass is 9.54. The van der Waals surface area contributed by atoms with Crippen LogP contribution in [0.2, 0.25) is 0 Å². The van der Waals surface area contributed by atoms with Crippen molar-refractivity contribution in [3.8, 4) is 0 Å². The Hall–Kier alpha value is -1.37. The predicted molar refractivity (Wildman–Crippen MR) is 100 cm³/mol. The highest BCUT2D eigenvalue weighted by atomic mass is 16.6. The van der Waals surface area contributed by atoms with Crippen LogP contribution in [0.4, 0.5) is 0 Å². The van der Waals surface area contributed by atoms with Crippen LogP contribution in [0.3, 0.4) is 0 Å². The molecule has 148 valence electrons. The van der Waals surface area contributed by atoms with E-state index in [1.807, 2.05) is 14.1 Å². The minimum atomic E-state index is -1.45. The fraction of sp³-hybridized carbons (Fsp3) is 0.762. The Morgan fingerprint density at radius 3 is 2.70 bits per heavy atom. The number of carbonyl (C=O) groups is 1. The molecule has 27 heavy (non-hydrogen) atoms. The van der Waals surface area contributed by atoms with Gasteiger partial charge in [0.05, 0.1) is 14.1 Å². The highest BCUT2D eigenvalue weighted by Crippen LogP contribution is 2.60. The maximum absolute atomic E-state index is 12.5. The number of carbonyl (C=O) groups excluding carboxylic acids is 1. The molecule has 0 saturated heterocycles. The normalized spacial score (nSPS) is 44.0. The van der Waals surface area contributed by atoms with E-state index in [4.69, 9.17) is 10.3 Å². The van der Waals surface area contributed by atoms with Crippen molar-refractivity contribution in [1.82, 2.24) is 0 Å². The molecule has 6 nitrogen and oxygen atoms in total. The summed E-state index contributed by atoms with van der Waals surface area (Å²) in [5.41, 5.74) is 10.0. The van der Waals surface area contributed by atoms with E-state index in [0.29, 0.717) is 23.5 Å². The minimum Gasteiger partial charge on any atom is -0.357 e. The average molecular weight is 375 g/mol. The Kier molecular flexibility index (Phi) is 4.26. The van der Waals surface area contributed by atoms with Crippen LogP contribution in [0.15, 0.2) is 28.5 Å². The maximum atomic E-state index is 12.5. The van der Waals surface area contributed by atoms with Gasteiger partial charge in [0.15, 0.2) is 6.04 Å². The SMILES string of the molecule is COC1(O)C=CC2=C(CC[C@@H]3[C@@H]2CC[C@]2(C)C(=O)CC[C@@H]32)C1[N+](C)(C)N=N. The summed E-state index contributed by atoms with van der Waals surface area (Å²) in [7, 11) is 5.19. The molecule has 2 unspecified atom stereocenters. The lowest BCUT2D eigenvalue weighted by Gasteiger charge is -2.51. The van der Waals surface area contributed by atoms with Gasteiger partial charge in [0.25, 0.3) is 0 Å². The number of allylic oxidation sites excluding steroid dienone is 2. The summed E-state index contributed by atoms with van der Waals surface area (Å²) in [6, 6.07) is -0.417. The van der Waals surface area contributed by atoms with Gasteiger partial charge in [-0.3, -0.25) is 4.79 Å². The number of nitrogens with zero attached hydrogens (tertiary/aromatic N) is 2. The summed E-state index contributed by atoms with van der Waals surface area (Å²) < 4.78 is 5.50. The Morgan fingerprint density at radius 1 is 1.30 bits per heavy atom. The number of nitrogens with one attached hydrogen (secondary N) is 1. The number of ketones is 1. The first-order valence-electron chi connectivity index (χ1n) is 10.1. The van der Waals surface area contributed by atoms with Crippen molar-refractivity contribution in [2.45, 2.75) is 57.3 Å². The molecule has 0 aliphatic heterocycles. The second-order valence-electron chi connectivity index (χ2n) is 9.59. The monoisotopic (exact) mass is 374 g/mol. The fourth-order valence-corrected chi connectivity index (χ4v) is 6.70. The topological polar surface area (TPSA) is 82.7 Å². The second-order valence-corrected chi connectivity index (χ2v) is 9.59. The molecule has 0 heterocycles. The Morgan fingerprint density at radius 2 is 2.04 bits per heavy atom. The van der Waals surface area contributed by atoms with Gasteiger partial charge in [-0.15, -0.1) is 0 Å². The van der Waals surface area contributed by atoms with Gasteiger partial charge in [-0.1, -0.05) is 13.0 Å². The summed E-state index contributed by atoms with van der Waals surface area (Å²) in [6.07, 6.45) is 9.46. The van der Waals surface area contributed by atoms with E-state index in [9.17, 15) is 9.90 Å². The molecule has 6 atom stereocenters. The zero-order chi connectivity index (χ0) is 19.6. The van der Waals surface area contributed by atoms with Crippen LogP contribution in [-0.4, -0.2) is 48.5 Å². The number of methoxy groups -OCH3 is 1. The molecule has 4 aliphatic rings. The Balaban J connectivity index is 1.75. The van der Waals surface area contributed by atoms with Crippen LogP contribution >= 0.6 is 0 Å². The lowest BCUT2D eigenvalue weighted by molar-refractivity contribution is -0.932. The minimum absolute atomic E-state index is 0.00449. The van der Waals surface area contributed by atoms with Crippen LogP contribution in [0.1, 0.15) is 45.4 Å². The Labute approximate surface area is 161 Å². The number of quaternary nitrogens is 1. The van der Waals surface area contributed by atoms with Gasteiger partial charge < -0.3 is 9.84 Å². The van der Waals surface area contributed by atoms with Gasteiger partial charge in [0.2, 0.25) is 5.79 Å². The van der Waals surface area contributed by atoms with E-state index in [2.05, 4.69) is 18.2 Å². The van der Waals surface area contributed by atoms with Gasteiger partial charge in [-0.25, -0.2) is 0 Å². The van der Waals surface area contributed by atoms with Crippen molar-refractivity contribution < 1.29 is 19.2 Å². The van der Waals surface area contributed by atoms with Crippen LogP contribution < -0.4 is 0 Å². The third-order valence-corrected chi connectivity index (χ3v) is 8.10. The van der Waals surface area contributed by atoms with Crippen molar-refractivity contribution in [1.29, 1.82) is 5.53 Å². The lowest BCUT2D eigenvalue weighted by Crippen LogP contribution is -2.61. The number of rotatable bonds is 3. The molecular weight excluding hydrogens is 342 g/mol. The summed E-state index contributed by atoms with van der Waals surface area (Å²) in [5.74, 6) is 0.463. The first-order valence-corrected chi connectivity index (χ1v) is 10.1. The molecule has 0 aromatic rings. The standard InChI is InChI=1S/C21H32N3O3/c1-20-11-9-13-14-10-12-21(26,27-4)19(24(2,3)23-22)16(14)6-5-15(13)17(20)7-8-18(20)25/h10,12-13,15,17,19,22,26H,5-9,11H2,1-4H3/q+1/t13-,15-,17+,19?,20+,21?/m1/s1. The molecule has 2 fully saturated rings. The van der Waals surface area contributed by atoms with Crippen molar-refractivity contribution >= 4 is 5.78 Å². The molecular formula is C21H32N3O3+. The largest absolute Gasteiger partial charge is 0.357 e. The van der Waals surface area contributed by atoms with Gasteiger partial charge in [0.1, 0.15) is 5.78 Å². The van der Waals surface area contributed by atoms with Gasteiger partial charge in [-0.05, 0) is 67.1 Å². The molecule has 6 heteroatoms. The average Bonchev–Trinajstić information content (AvgIpc) is 2.96. The van der Waals surface area contributed by atoms with E-state index in [1.54, 1.807) is 6.08 Å². The zero-order valence-corrected chi connectivity index (χ0v) is 16.9. The van der Waals surface area contributed by atoms with E-state index < -0.39 is 11.8 Å². The van der Waals surface area contributed by atoms with Gasteiger partial charge >= 0.3 is 0 Å². The quantitative estimate of drug-likeness (QED) is 0.344. The molecule has 0 amide bonds. The smallest absolute Gasteiger partial charge is 0.246 e. The third-order valence-electron chi connectivity index (χ3n) is 8.10. The first-order chi connectivity index (χ1) is 12.7. The zero-order valence-electron chi connectivity index (χ0n) is 16.9. The van der Waals surface area contributed by atoms with Crippen LogP contribution in [-0.2, 0) is 9.53 Å². The maximum Gasteiger partial charge on any atom is 0.246 e. The molecule has 0 aromatic heterocycles. The second kappa shape index (κ2) is 6.06. The van der Waals surface area contributed by atoms with Crippen molar-refractivity contribution in [2.75, 3.05) is 21.2 Å². The van der Waals surface area contributed by atoms with E-state index in [-0.39, 0.29) is 10.0 Å². The number of aliphatic hydroxyl groups is 1. The van der Waals surface area contributed by atoms with Crippen LogP contribution in [0, 0.1) is 28.7 Å². The summed E-state index contributed by atoms with van der Waals surface area (Å²) in [6.45, 7) is 2.19. The number of fused-ring (bicyclic) bond motifs is 4. The van der Waals surface area contributed by atoms with Crippen LogP contribution in [0.25, 0.3) is 0 Å². The summed E-state index contributed by atoms with van der Waals surface area (Å²) in [5, 5.41) is 14.9. The van der Waals surface area contributed by atoms with Crippen molar-refractivity contribution in [3.05, 3.63) is 23.3 Å². The van der Waals surface area contributed by atoms with E-state index in [0.717, 1.165) is 38.5 Å². The van der Waals surface area contributed by atoms with Crippen molar-refractivity contribution in [3.63, 3.8) is 0 Å². The number of Topliss-reactive ketones (excluding diaryl/α,β-unsaturated/α-hetero) is 1. The molecule has 0 bridgehead atoms. The highest BCUT2D eigenvalue weighted by Gasteiger charge is 2.58. The number of ether oxygens (including phenoxy) is 1. The molecule has 0 spiro atoms. The van der Waals surface area contributed by atoms with E-state index in [1.165, 1.54) is 18.3 Å². The van der Waals surface area contributed by atoms with Gasteiger partial charge in [-0.2, -0.15) is 10.1 Å². The number of likely N-dealkylation sites (N-methyl/N-ethyl adjacent to an activating group) is 1. The molecule has 2 saturated carbocycles. The van der Waals surface area contributed by atoms with Gasteiger partial charge in [0, 0.05) is 24.2 Å². The molecule has 0 aromatic carbocycles. The predicted octanol–water partition coefficient (Wildman–Crippen LogP) is 3.38. The Bertz CT molecular complexity index is 743. The number of hydrogen-bond donors (Lipinski definition) is 2. The summed E-state index contributed by atoms with van der Waals surface area (Å²) >= 11 is 0. The highest BCUT2D eigenvalue weighted by molar-refractivity contribution is 5.87. The molecule has 2 N–H and O–H groups in total. The third kappa shape index (κ3) is 2.53. The van der Waals surface area contributed by atoms with E-state index >= 15 is 0 Å². The summed E-state index contributed by atoms with van der Waals surface area (Å²) in [4.78, 5) is 12.5. The fourth-order valence-electron chi connectivity index (χ4n) is 6.70. The van der Waals surface area contributed by atoms with Crippen molar-refractivity contribution in [2.24, 2.45) is 28.4 Å². The molecule has 4 aliphatic carbocycles. The first kappa shape index (κ1) is 19.0. The molecule has 0 radical (unpaired) electrons. The van der Waals surface area contributed by atoms with Crippen LogP contribution in [0.5, 0.6) is 0 Å².